The van der Waals surface area contributed by atoms with E-state index < -0.39 is 0 Å². The van der Waals surface area contributed by atoms with Crippen molar-refractivity contribution < 1.29 is 8.81 Å². The van der Waals surface area contributed by atoms with Crippen molar-refractivity contribution in [2.45, 2.75) is 6.92 Å². The molecular formula is C11H9FO. The van der Waals surface area contributed by atoms with E-state index in [1.807, 2.05) is 13.0 Å². The number of halogens is 1. The van der Waals surface area contributed by atoms with Crippen molar-refractivity contribution in [1.29, 1.82) is 0 Å². The molecule has 0 saturated heterocycles. The summed E-state index contributed by atoms with van der Waals surface area (Å²) in [6.45, 7) is 1.95. The van der Waals surface area contributed by atoms with Crippen molar-refractivity contribution >= 4 is 0 Å². The molecule has 0 saturated carbocycles. The normalized spacial score (nSPS) is 10.3. The first-order chi connectivity index (χ1) is 6.25. The number of benzene rings is 1. The predicted molar refractivity (Wildman–Crippen MR) is 48.8 cm³/mol. The van der Waals surface area contributed by atoms with Crippen molar-refractivity contribution in [2.75, 3.05) is 0 Å². The highest BCUT2D eigenvalue weighted by Gasteiger charge is 2.01. The third-order valence-corrected chi connectivity index (χ3v) is 1.86. The molecule has 13 heavy (non-hydrogen) atoms. The second kappa shape index (κ2) is 3.05. The summed E-state index contributed by atoms with van der Waals surface area (Å²) >= 11 is 0. The van der Waals surface area contributed by atoms with Crippen LogP contribution in [-0.2, 0) is 0 Å². The molecule has 0 bridgehead atoms. The van der Waals surface area contributed by atoms with Crippen LogP contribution in [0.1, 0.15) is 5.56 Å². The predicted octanol–water partition coefficient (Wildman–Crippen LogP) is 3.39. The molecule has 0 fully saturated rings. The van der Waals surface area contributed by atoms with Crippen LogP contribution in [-0.4, -0.2) is 0 Å². The lowest BCUT2D eigenvalue weighted by molar-refractivity contribution is 0.579. The monoisotopic (exact) mass is 176 g/mol. The van der Waals surface area contributed by atoms with Crippen LogP contribution >= 0.6 is 0 Å². The van der Waals surface area contributed by atoms with Gasteiger partial charge in [-0.3, -0.25) is 0 Å². The summed E-state index contributed by atoms with van der Waals surface area (Å²) in [5, 5.41) is 0. The average molecular weight is 176 g/mol. The van der Waals surface area contributed by atoms with Gasteiger partial charge in [0, 0.05) is 5.56 Å². The zero-order valence-electron chi connectivity index (χ0n) is 7.25. The number of aryl methyl sites for hydroxylation is 1. The molecule has 0 atom stereocenters. The second-order valence-electron chi connectivity index (χ2n) is 3.00. The van der Waals surface area contributed by atoms with Gasteiger partial charge in [-0.05, 0) is 42.8 Å². The minimum absolute atomic E-state index is 0.230. The fourth-order valence-electron chi connectivity index (χ4n) is 1.20. The lowest BCUT2D eigenvalue weighted by Gasteiger charge is -1.94. The van der Waals surface area contributed by atoms with Gasteiger partial charge in [-0.25, -0.2) is 4.39 Å². The zero-order valence-corrected chi connectivity index (χ0v) is 7.25. The van der Waals surface area contributed by atoms with Gasteiger partial charge in [-0.15, -0.1) is 0 Å². The summed E-state index contributed by atoms with van der Waals surface area (Å²) in [4.78, 5) is 0. The third-order valence-electron chi connectivity index (χ3n) is 1.86. The van der Waals surface area contributed by atoms with Crippen LogP contribution in [0.25, 0.3) is 11.3 Å². The molecule has 2 rings (SSSR count). The molecule has 1 nitrogen and oxygen atoms in total. The van der Waals surface area contributed by atoms with Crippen molar-refractivity contribution in [3.05, 3.63) is 48.0 Å². The van der Waals surface area contributed by atoms with Crippen LogP contribution in [0, 0.1) is 12.7 Å². The van der Waals surface area contributed by atoms with Gasteiger partial charge in [-0.2, -0.15) is 0 Å². The molecule has 0 spiro atoms. The van der Waals surface area contributed by atoms with Gasteiger partial charge in [0.25, 0.3) is 0 Å². The summed E-state index contributed by atoms with van der Waals surface area (Å²) in [7, 11) is 0. The molecule has 0 radical (unpaired) electrons. The molecule has 0 aliphatic heterocycles. The first-order valence-corrected chi connectivity index (χ1v) is 4.07. The largest absolute Gasteiger partial charge is 0.464 e. The minimum Gasteiger partial charge on any atom is -0.464 e. The van der Waals surface area contributed by atoms with Gasteiger partial charge in [0.05, 0.1) is 6.26 Å². The Morgan fingerprint density at radius 3 is 2.38 bits per heavy atom. The maximum atomic E-state index is 12.6. The van der Waals surface area contributed by atoms with Crippen LogP contribution in [0.4, 0.5) is 4.39 Å². The smallest absolute Gasteiger partial charge is 0.134 e. The van der Waals surface area contributed by atoms with E-state index in [-0.39, 0.29) is 5.82 Å². The highest BCUT2D eigenvalue weighted by atomic mass is 19.1. The Morgan fingerprint density at radius 1 is 1.15 bits per heavy atom. The highest BCUT2D eigenvalue weighted by Crippen LogP contribution is 2.21. The molecule has 1 aromatic carbocycles. The molecule has 2 aromatic rings. The van der Waals surface area contributed by atoms with Crippen molar-refractivity contribution in [3.8, 4) is 11.3 Å². The fraction of sp³-hybridized carbons (Fsp3) is 0.0909. The van der Waals surface area contributed by atoms with E-state index in [2.05, 4.69) is 0 Å². The SMILES string of the molecule is Cc1coc(-c2ccc(F)cc2)c1. The molecule has 0 aliphatic rings. The quantitative estimate of drug-likeness (QED) is 0.649. The average Bonchev–Trinajstić information content (AvgIpc) is 2.53. The summed E-state index contributed by atoms with van der Waals surface area (Å²) in [6.07, 6.45) is 1.68. The summed E-state index contributed by atoms with van der Waals surface area (Å²) in [6, 6.07) is 8.18. The zero-order chi connectivity index (χ0) is 9.26. The molecular weight excluding hydrogens is 167 g/mol. The van der Waals surface area contributed by atoms with E-state index in [9.17, 15) is 4.39 Å². The Labute approximate surface area is 75.8 Å². The van der Waals surface area contributed by atoms with Crippen LogP contribution in [0.5, 0.6) is 0 Å². The van der Waals surface area contributed by atoms with E-state index in [0.717, 1.165) is 16.9 Å². The molecule has 1 aromatic heterocycles. The van der Waals surface area contributed by atoms with E-state index in [1.165, 1.54) is 12.1 Å². The third kappa shape index (κ3) is 1.61. The van der Waals surface area contributed by atoms with Gasteiger partial charge in [0.2, 0.25) is 0 Å². The molecule has 1 heterocycles. The minimum atomic E-state index is -0.230. The van der Waals surface area contributed by atoms with Crippen LogP contribution in [0.3, 0.4) is 0 Å². The number of rotatable bonds is 1. The topological polar surface area (TPSA) is 13.1 Å². The molecule has 0 N–H and O–H groups in total. The maximum absolute atomic E-state index is 12.6. The molecule has 0 unspecified atom stereocenters. The van der Waals surface area contributed by atoms with Gasteiger partial charge < -0.3 is 4.42 Å². The van der Waals surface area contributed by atoms with E-state index in [1.54, 1.807) is 18.4 Å². The fourth-order valence-corrected chi connectivity index (χ4v) is 1.20. The summed E-state index contributed by atoms with van der Waals surface area (Å²) in [5.41, 5.74) is 1.97. The molecule has 2 heteroatoms. The first-order valence-electron chi connectivity index (χ1n) is 4.07. The second-order valence-corrected chi connectivity index (χ2v) is 3.00. The number of furan rings is 1. The van der Waals surface area contributed by atoms with E-state index in [4.69, 9.17) is 4.42 Å². The number of hydrogen-bond donors (Lipinski definition) is 0. The summed E-state index contributed by atoms with van der Waals surface area (Å²) in [5.74, 6) is 0.546. The van der Waals surface area contributed by atoms with Gasteiger partial charge >= 0.3 is 0 Å². The Hall–Kier alpha value is -1.57. The van der Waals surface area contributed by atoms with Crippen LogP contribution < -0.4 is 0 Å². The van der Waals surface area contributed by atoms with Crippen molar-refractivity contribution in [2.24, 2.45) is 0 Å². The molecule has 0 aliphatic carbocycles. The maximum Gasteiger partial charge on any atom is 0.134 e. The summed E-state index contributed by atoms with van der Waals surface area (Å²) < 4.78 is 17.8. The van der Waals surface area contributed by atoms with E-state index >= 15 is 0 Å². The Bertz CT molecular complexity index is 400. The standard InChI is InChI=1S/C11H9FO/c1-8-6-11(13-7-8)9-2-4-10(12)5-3-9/h2-7H,1H3. The lowest BCUT2D eigenvalue weighted by Crippen LogP contribution is -1.74. The Kier molecular flexibility index (Phi) is 1.89. The van der Waals surface area contributed by atoms with E-state index in [0.29, 0.717) is 0 Å². The first kappa shape index (κ1) is 8.05. The molecule has 0 amide bonds. The van der Waals surface area contributed by atoms with Gasteiger partial charge in [0.1, 0.15) is 11.6 Å². The van der Waals surface area contributed by atoms with Crippen molar-refractivity contribution in [1.82, 2.24) is 0 Å². The Balaban J connectivity index is 2.41. The Morgan fingerprint density at radius 2 is 1.85 bits per heavy atom. The van der Waals surface area contributed by atoms with Crippen LogP contribution in [0.15, 0.2) is 41.0 Å². The number of hydrogen-bond acceptors (Lipinski definition) is 1. The van der Waals surface area contributed by atoms with Crippen molar-refractivity contribution in [3.63, 3.8) is 0 Å². The van der Waals surface area contributed by atoms with Gasteiger partial charge in [0.15, 0.2) is 0 Å². The van der Waals surface area contributed by atoms with Gasteiger partial charge in [-0.1, -0.05) is 0 Å². The highest BCUT2D eigenvalue weighted by molar-refractivity contribution is 5.57. The van der Waals surface area contributed by atoms with Crippen LogP contribution in [0.2, 0.25) is 0 Å². The lowest BCUT2D eigenvalue weighted by atomic mass is 10.1. The molecule has 66 valence electrons.